The minimum Gasteiger partial charge on any atom is -0.211 e. The van der Waals surface area contributed by atoms with Gasteiger partial charge in [-0.1, -0.05) is 20.8 Å². The molecule has 0 aromatic carbocycles. The first-order valence-electron chi connectivity index (χ1n) is 5.07. The molecule has 0 spiro atoms. The molecule has 2 nitrogen and oxygen atoms in total. The van der Waals surface area contributed by atoms with Crippen LogP contribution >= 0.6 is 0 Å². The minimum atomic E-state index is 0.293. The largest absolute Gasteiger partial charge is 0.234 e. The van der Waals surface area contributed by atoms with Gasteiger partial charge in [0.2, 0.25) is 6.08 Å². The van der Waals surface area contributed by atoms with Crippen LogP contribution in [0.2, 0.25) is 0 Å². The Morgan fingerprint density at radius 1 is 1.38 bits per heavy atom. The highest BCUT2D eigenvalue weighted by Gasteiger charge is 2.41. The van der Waals surface area contributed by atoms with Gasteiger partial charge >= 0.3 is 0 Å². The van der Waals surface area contributed by atoms with Gasteiger partial charge in [-0.15, -0.1) is 0 Å². The van der Waals surface area contributed by atoms with Gasteiger partial charge < -0.3 is 0 Å². The monoisotopic (exact) mass is 181 g/mol. The molecule has 0 radical (unpaired) electrons. The van der Waals surface area contributed by atoms with Crippen LogP contribution in [0.3, 0.4) is 0 Å². The van der Waals surface area contributed by atoms with Crippen molar-refractivity contribution in [1.82, 2.24) is 0 Å². The number of carbonyl (C=O) groups excluding carboxylic acids is 1. The summed E-state index contributed by atoms with van der Waals surface area (Å²) in [4.78, 5) is 13.8. The van der Waals surface area contributed by atoms with E-state index >= 15 is 0 Å². The van der Waals surface area contributed by atoms with Gasteiger partial charge in [0.15, 0.2) is 0 Å². The lowest BCUT2D eigenvalue weighted by Crippen LogP contribution is -2.21. The van der Waals surface area contributed by atoms with Crippen molar-refractivity contribution in [2.45, 2.75) is 46.5 Å². The fourth-order valence-electron chi connectivity index (χ4n) is 2.54. The average Bonchev–Trinajstić information content (AvgIpc) is 2.40. The number of rotatable bonds is 3. The summed E-state index contributed by atoms with van der Waals surface area (Å²) >= 11 is 0. The second-order valence-electron chi connectivity index (χ2n) is 5.10. The maximum Gasteiger partial charge on any atom is 0.234 e. The predicted molar refractivity (Wildman–Crippen MR) is 53.3 cm³/mol. The quantitative estimate of drug-likeness (QED) is 0.486. The molecule has 1 rings (SSSR count). The zero-order valence-corrected chi connectivity index (χ0v) is 8.89. The van der Waals surface area contributed by atoms with Crippen molar-refractivity contribution in [2.75, 3.05) is 6.54 Å². The Morgan fingerprint density at radius 2 is 2.08 bits per heavy atom. The Bertz CT molecular complexity index is 228. The minimum absolute atomic E-state index is 0.293. The van der Waals surface area contributed by atoms with Crippen molar-refractivity contribution < 1.29 is 4.79 Å². The van der Waals surface area contributed by atoms with Crippen LogP contribution in [-0.4, -0.2) is 12.6 Å². The van der Waals surface area contributed by atoms with E-state index in [2.05, 4.69) is 25.8 Å². The first-order valence-corrected chi connectivity index (χ1v) is 5.07. The van der Waals surface area contributed by atoms with Gasteiger partial charge in [-0.2, -0.15) is 0 Å². The van der Waals surface area contributed by atoms with Crippen molar-refractivity contribution >= 4 is 6.08 Å². The van der Waals surface area contributed by atoms with Crippen LogP contribution in [0.15, 0.2) is 4.99 Å². The Hall–Kier alpha value is -0.620. The summed E-state index contributed by atoms with van der Waals surface area (Å²) in [6, 6.07) is 0. The molecule has 0 saturated heterocycles. The normalized spacial score (nSPS) is 31.3. The second kappa shape index (κ2) is 3.63. The lowest BCUT2D eigenvalue weighted by Gasteiger charge is -2.27. The van der Waals surface area contributed by atoms with Crippen LogP contribution in [0, 0.1) is 10.8 Å². The first-order chi connectivity index (χ1) is 6.04. The van der Waals surface area contributed by atoms with E-state index in [1.165, 1.54) is 19.3 Å². The number of isocyanates is 1. The molecule has 0 heterocycles. The lowest BCUT2D eigenvalue weighted by molar-refractivity contribution is 0.253. The summed E-state index contributed by atoms with van der Waals surface area (Å²) in [5.74, 6) is 0. The average molecular weight is 181 g/mol. The maximum absolute atomic E-state index is 10.1. The highest BCUT2D eigenvalue weighted by atomic mass is 16.1. The van der Waals surface area contributed by atoms with Crippen LogP contribution < -0.4 is 0 Å². The highest BCUT2D eigenvalue weighted by Crippen LogP contribution is 2.50. The molecule has 0 aromatic heterocycles. The molecular weight excluding hydrogens is 162 g/mol. The van der Waals surface area contributed by atoms with E-state index in [4.69, 9.17) is 0 Å². The molecule has 0 amide bonds. The summed E-state index contributed by atoms with van der Waals surface area (Å²) in [7, 11) is 0. The van der Waals surface area contributed by atoms with E-state index in [1.54, 1.807) is 6.08 Å². The number of aliphatic imine (C=N–C) groups is 1. The smallest absolute Gasteiger partial charge is 0.211 e. The SMILES string of the molecule is CCC1(CN=C=O)CCC(C)(C)C1. The maximum atomic E-state index is 10.1. The van der Waals surface area contributed by atoms with Crippen LogP contribution in [0.4, 0.5) is 0 Å². The van der Waals surface area contributed by atoms with Gasteiger partial charge in [-0.25, -0.2) is 9.79 Å². The summed E-state index contributed by atoms with van der Waals surface area (Å²) in [5, 5.41) is 0. The molecule has 0 bridgehead atoms. The Labute approximate surface area is 80.4 Å². The molecule has 13 heavy (non-hydrogen) atoms. The molecular formula is C11H19NO. The van der Waals surface area contributed by atoms with Gasteiger partial charge in [-0.3, -0.25) is 0 Å². The zero-order chi connectivity index (χ0) is 9.95. The molecule has 1 aliphatic rings. The molecule has 1 saturated carbocycles. The summed E-state index contributed by atoms with van der Waals surface area (Å²) in [6.45, 7) is 7.47. The topological polar surface area (TPSA) is 29.4 Å². The zero-order valence-electron chi connectivity index (χ0n) is 8.89. The summed E-state index contributed by atoms with van der Waals surface area (Å²) < 4.78 is 0. The summed E-state index contributed by atoms with van der Waals surface area (Å²) in [6.07, 6.45) is 6.45. The molecule has 0 N–H and O–H groups in total. The number of nitrogens with zero attached hydrogens (tertiary/aromatic N) is 1. The molecule has 2 heteroatoms. The molecule has 0 aromatic rings. The molecule has 1 unspecified atom stereocenters. The fourth-order valence-corrected chi connectivity index (χ4v) is 2.54. The van der Waals surface area contributed by atoms with E-state index in [1.807, 2.05) is 0 Å². The molecule has 1 aliphatic carbocycles. The first kappa shape index (κ1) is 10.5. The Morgan fingerprint density at radius 3 is 2.46 bits per heavy atom. The van der Waals surface area contributed by atoms with Crippen LogP contribution in [0.25, 0.3) is 0 Å². The standard InChI is InChI=1S/C11H19NO/c1-4-11(8-12-9-13)6-5-10(2,3)7-11/h4-8H2,1-3H3. The highest BCUT2D eigenvalue weighted by molar-refractivity contribution is 5.33. The van der Waals surface area contributed by atoms with Gasteiger partial charge in [0.1, 0.15) is 0 Å². The van der Waals surface area contributed by atoms with E-state index in [0.29, 0.717) is 17.4 Å². The Kier molecular flexibility index (Phi) is 2.92. The van der Waals surface area contributed by atoms with E-state index in [0.717, 1.165) is 6.42 Å². The second-order valence-corrected chi connectivity index (χ2v) is 5.10. The van der Waals surface area contributed by atoms with Gasteiger partial charge in [0.05, 0.1) is 6.54 Å². The predicted octanol–water partition coefficient (Wildman–Crippen LogP) is 2.93. The molecule has 0 aliphatic heterocycles. The third-order valence-corrected chi connectivity index (χ3v) is 3.41. The number of hydrogen-bond acceptors (Lipinski definition) is 2. The molecule has 1 atom stereocenters. The van der Waals surface area contributed by atoms with Crippen molar-refractivity contribution in [1.29, 1.82) is 0 Å². The summed E-state index contributed by atoms with van der Waals surface area (Å²) in [5.41, 5.74) is 0.731. The lowest BCUT2D eigenvalue weighted by atomic mass is 9.79. The van der Waals surface area contributed by atoms with E-state index in [-0.39, 0.29) is 0 Å². The van der Waals surface area contributed by atoms with E-state index < -0.39 is 0 Å². The van der Waals surface area contributed by atoms with E-state index in [9.17, 15) is 4.79 Å². The fraction of sp³-hybridized carbons (Fsp3) is 0.909. The van der Waals surface area contributed by atoms with Gasteiger partial charge in [0, 0.05) is 0 Å². The van der Waals surface area contributed by atoms with Crippen LogP contribution in [-0.2, 0) is 4.79 Å². The Balaban J connectivity index is 2.67. The third-order valence-electron chi connectivity index (χ3n) is 3.41. The third kappa shape index (κ3) is 2.41. The van der Waals surface area contributed by atoms with Crippen molar-refractivity contribution in [3.8, 4) is 0 Å². The van der Waals surface area contributed by atoms with Crippen molar-refractivity contribution in [3.63, 3.8) is 0 Å². The van der Waals surface area contributed by atoms with Crippen LogP contribution in [0.1, 0.15) is 46.5 Å². The molecule has 74 valence electrons. The van der Waals surface area contributed by atoms with Crippen molar-refractivity contribution in [2.24, 2.45) is 15.8 Å². The molecule has 1 fully saturated rings. The van der Waals surface area contributed by atoms with Gasteiger partial charge in [0.25, 0.3) is 0 Å². The van der Waals surface area contributed by atoms with Crippen LogP contribution in [0.5, 0.6) is 0 Å². The van der Waals surface area contributed by atoms with Crippen molar-refractivity contribution in [3.05, 3.63) is 0 Å². The van der Waals surface area contributed by atoms with Gasteiger partial charge in [-0.05, 0) is 36.5 Å². The number of hydrogen-bond donors (Lipinski definition) is 0.